The van der Waals surface area contributed by atoms with Gasteiger partial charge in [-0.2, -0.15) is 0 Å². The van der Waals surface area contributed by atoms with Crippen molar-refractivity contribution in [2.24, 2.45) is 0 Å². The zero-order valence-corrected chi connectivity index (χ0v) is 16.6. The molecule has 5 nitrogen and oxygen atoms in total. The molecule has 1 N–H and O–H groups in total. The van der Waals surface area contributed by atoms with Crippen molar-refractivity contribution >= 4 is 5.91 Å². The number of aryl methyl sites for hydroxylation is 1. The summed E-state index contributed by atoms with van der Waals surface area (Å²) in [6, 6.07) is 11.5. The van der Waals surface area contributed by atoms with Crippen LogP contribution in [0.1, 0.15) is 43.0 Å². The fourth-order valence-corrected chi connectivity index (χ4v) is 3.57. The molecule has 1 atom stereocenters. The predicted octanol–water partition coefficient (Wildman–Crippen LogP) is 3.97. The Morgan fingerprint density at radius 1 is 1.19 bits per heavy atom. The van der Waals surface area contributed by atoms with Crippen LogP contribution < -0.4 is 19.5 Å². The Morgan fingerprint density at radius 3 is 2.63 bits per heavy atom. The molecule has 0 aromatic heterocycles. The maximum atomic E-state index is 12.7. The molecule has 1 aliphatic heterocycles. The van der Waals surface area contributed by atoms with Gasteiger partial charge in [-0.15, -0.1) is 0 Å². The summed E-state index contributed by atoms with van der Waals surface area (Å²) >= 11 is 0. The molecule has 1 amide bonds. The summed E-state index contributed by atoms with van der Waals surface area (Å²) in [5, 5.41) is 3.17. The molecule has 1 heterocycles. The monoisotopic (exact) mass is 369 g/mol. The minimum absolute atomic E-state index is 0.0102. The molecule has 0 aliphatic carbocycles. The van der Waals surface area contributed by atoms with E-state index < -0.39 is 0 Å². The van der Waals surface area contributed by atoms with Crippen LogP contribution in [0.25, 0.3) is 0 Å². The van der Waals surface area contributed by atoms with Crippen LogP contribution in [-0.2, 0) is 11.2 Å². The molecule has 1 aliphatic rings. The minimum atomic E-state index is -0.367. The Morgan fingerprint density at radius 2 is 1.96 bits per heavy atom. The van der Waals surface area contributed by atoms with E-state index in [0.29, 0.717) is 12.8 Å². The number of hydrogen-bond donors (Lipinski definition) is 1. The second kappa shape index (κ2) is 7.51. The Labute approximate surface area is 160 Å². The van der Waals surface area contributed by atoms with Crippen LogP contribution in [0.15, 0.2) is 36.4 Å². The van der Waals surface area contributed by atoms with Gasteiger partial charge >= 0.3 is 0 Å². The number of carbonyl (C=O) groups is 1. The number of ether oxygens (including phenoxy) is 3. The largest absolute Gasteiger partial charge is 0.497 e. The van der Waals surface area contributed by atoms with Crippen LogP contribution in [-0.4, -0.2) is 25.7 Å². The van der Waals surface area contributed by atoms with Crippen LogP contribution in [0.4, 0.5) is 0 Å². The van der Waals surface area contributed by atoms with Gasteiger partial charge in [0.05, 0.1) is 26.7 Å². The number of fused-ring (bicyclic) bond motifs is 1. The summed E-state index contributed by atoms with van der Waals surface area (Å²) in [7, 11) is 3.28. The summed E-state index contributed by atoms with van der Waals surface area (Å²) in [5.41, 5.74) is 2.60. The first-order chi connectivity index (χ1) is 12.8. The van der Waals surface area contributed by atoms with E-state index in [0.717, 1.165) is 33.9 Å². The zero-order valence-electron chi connectivity index (χ0n) is 16.6. The van der Waals surface area contributed by atoms with Crippen LogP contribution in [0.5, 0.6) is 17.2 Å². The minimum Gasteiger partial charge on any atom is -0.497 e. The molecule has 0 saturated heterocycles. The smallest absolute Gasteiger partial charge is 0.224 e. The van der Waals surface area contributed by atoms with Gasteiger partial charge in [-0.05, 0) is 50.1 Å². The molecule has 0 radical (unpaired) electrons. The van der Waals surface area contributed by atoms with E-state index in [2.05, 4.69) is 5.32 Å². The topological polar surface area (TPSA) is 56.8 Å². The summed E-state index contributed by atoms with van der Waals surface area (Å²) in [4.78, 5) is 12.7. The first-order valence-electron chi connectivity index (χ1n) is 9.11. The molecule has 0 spiro atoms. The van der Waals surface area contributed by atoms with Crippen molar-refractivity contribution in [1.82, 2.24) is 5.32 Å². The van der Waals surface area contributed by atoms with E-state index in [-0.39, 0.29) is 17.6 Å². The Kier molecular flexibility index (Phi) is 5.31. The molecule has 1 unspecified atom stereocenters. The predicted molar refractivity (Wildman–Crippen MR) is 105 cm³/mol. The molecule has 0 bridgehead atoms. The fourth-order valence-electron chi connectivity index (χ4n) is 3.57. The van der Waals surface area contributed by atoms with Crippen molar-refractivity contribution in [2.75, 3.05) is 14.2 Å². The average molecular weight is 369 g/mol. The van der Waals surface area contributed by atoms with Gasteiger partial charge in [0.25, 0.3) is 0 Å². The molecule has 0 fully saturated rings. The van der Waals surface area contributed by atoms with Crippen molar-refractivity contribution < 1.29 is 19.0 Å². The number of methoxy groups -OCH3 is 2. The molecule has 0 saturated carbocycles. The lowest BCUT2D eigenvalue weighted by Gasteiger charge is -2.38. The van der Waals surface area contributed by atoms with Gasteiger partial charge in [-0.25, -0.2) is 0 Å². The van der Waals surface area contributed by atoms with Gasteiger partial charge in [0.15, 0.2) is 0 Å². The van der Waals surface area contributed by atoms with Crippen LogP contribution in [0.2, 0.25) is 0 Å². The second-order valence-electron chi connectivity index (χ2n) is 7.57. The third-order valence-electron chi connectivity index (χ3n) is 4.84. The number of nitrogens with one attached hydrogen (secondary N) is 1. The standard InChI is InChI=1S/C22H27NO4/c1-14-10-15(6-9-19(14)26-5)11-21(24)23-18-13-22(2,3)27-20-12-16(25-4)7-8-17(18)20/h6-10,12,18H,11,13H2,1-5H3,(H,23,24). The normalized spacial score (nSPS) is 17.4. The Hall–Kier alpha value is -2.69. The van der Waals surface area contributed by atoms with Gasteiger partial charge in [0, 0.05) is 18.1 Å². The van der Waals surface area contributed by atoms with Gasteiger partial charge in [0.1, 0.15) is 22.8 Å². The highest BCUT2D eigenvalue weighted by atomic mass is 16.5. The quantitative estimate of drug-likeness (QED) is 0.866. The Balaban J connectivity index is 1.76. The lowest BCUT2D eigenvalue weighted by Crippen LogP contribution is -2.41. The summed E-state index contributed by atoms with van der Waals surface area (Å²) < 4.78 is 16.7. The lowest BCUT2D eigenvalue weighted by atomic mass is 9.89. The zero-order chi connectivity index (χ0) is 19.6. The third-order valence-corrected chi connectivity index (χ3v) is 4.84. The van der Waals surface area contributed by atoms with Gasteiger partial charge < -0.3 is 19.5 Å². The lowest BCUT2D eigenvalue weighted by molar-refractivity contribution is -0.121. The summed E-state index contributed by atoms with van der Waals surface area (Å²) in [6.07, 6.45) is 1.04. The molecule has 5 heteroatoms. The van der Waals surface area contributed by atoms with Gasteiger partial charge in [-0.1, -0.05) is 12.1 Å². The SMILES string of the molecule is COc1ccc2c(c1)OC(C)(C)CC2NC(=O)Cc1ccc(OC)c(C)c1. The van der Waals surface area contributed by atoms with Crippen molar-refractivity contribution in [1.29, 1.82) is 0 Å². The van der Waals surface area contributed by atoms with Gasteiger partial charge in [0.2, 0.25) is 5.91 Å². The Bertz CT molecular complexity index is 844. The number of amides is 1. The number of benzene rings is 2. The molecule has 144 valence electrons. The highest BCUT2D eigenvalue weighted by Crippen LogP contribution is 2.41. The molecule has 3 rings (SSSR count). The molecular formula is C22H27NO4. The van der Waals surface area contributed by atoms with E-state index >= 15 is 0 Å². The van der Waals surface area contributed by atoms with Crippen molar-refractivity contribution in [3.8, 4) is 17.2 Å². The number of rotatable bonds is 5. The summed E-state index contributed by atoms with van der Waals surface area (Å²) in [5.74, 6) is 2.32. The van der Waals surface area contributed by atoms with Crippen LogP contribution >= 0.6 is 0 Å². The molecule has 27 heavy (non-hydrogen) atoms. The maximum Gasteiger partial charge on any atom is 0.224 e. The molecule has 2 aromatic carbocycles. The van der Waals surface area contributed by atoms with Crippen LogP contribution in [0.3, 0.4) is 0 Å². The third kappa shape index (κ3) is 4.35. The fraction of sp³-hybridized carbons (Fsp3) is 0.409. The second-order valence-corrected chi connectivity index (χ2v) is 7.57. The van der Waals surface area contributed by atoms with E-state index in [1.165, 1.54) is 0 Å². The first-order valence-corrected chi connectivity index (χ1v) is 9.11. The van der Waals surface area contributed by atoms with E-state index in [9.17, 15) is 4.79 Å². The molecular weight excluding hydrogens is 342 g/mol. The average Bonchev–Trinajstić information content (AvgIpc) is 2.60. The van der Waals surface area contributed by atoms with Crippen LogP contribution in [0, 0.1) is 6.92 Å². The van der Waals surface area contributed by atoms with Crippen molar-refractivity contribution in [2.45, 2.75) is 45.3 Å². The van der Waals surface area contributed by atoms with E-state index in [4.69, 9.17) is 14.2 Å². The summed E-state index contributed by atoms with van der Waals surface area (Å²) in [6.45, 7) is 6.04. The first kappa shape index (κ1) is 19.1. The van der Waals surface area contributed by atoms with Gasteiger partial charge in [-0.3, -0.25) is 4.79 Å². The molecule has 2 aromatic rings. The number of carbonyl (C=O) groups excluding carboxylic acids is 1. The van der Waals surface area contributed by atoms with E-state index in [1.54, 1.807) is 14.2 Å². The number of hydrogen-bond acceptors (Lipinski definition) is 4. The van der Waals surface area contributed by atoms with Crippen molar-refractivity contribution in [3.05, 3.63) is 53.1 Å². The maximum absolute atomic E-state index is 12.7. The highest BCUT2D eigenvalue weighted by Gasteiger charge is 2.34. The van der Waals surface area contributed by atoms with Crippen molar-refractivity contribution in [3.63, 3.8) is 0 Å². The van der Waals surface area contributed by atoms with E-state index in [1.807, 2.05) is 57.2 Å². The highest BCUT2D eigenvalue weighted by molar-refractivity contribution is 5.79.